The molecular weight excluding hydrogens is 354 g/mol. The molecule has 0 saturated carbocycles. The molecule has 2 aromatic rings. The lowest BCUT2D eigenvalue weighted by Crippen LogP contribution is -2.37. The molecule has 4 rings (SSSR count). The predicted octanol–water partition coefficient (Wildman–Crippen LogP) is 1.17. The van der Waals surface area contributed by atoms with Crippen LogP contribution in [0.4, 0.5) is 17.5 Å². The van der Waals surface area contributed by atoms with Gasteiger partial charge in [0.05, 0.1) is 24.5 Å². The van der Waals surface area contributed by atoms with Crippen LogP contribution >= 0.6 is 0 Å². The number of aryl methyl sites for hydroxylation is 1. The SMILES string of the molecule is Cn1cc(Nc2nccc(N3C[C@]4(C)CN(CNCC#N)C[C@]4(C)C3)n2)cn1. The first-order valence-electron chi connectivity index (χ1n) is 9.55. The number of rotatable bonds is 6. The van der Waals surface area contributed by atoms with Crippen LogP contribution in [0, 0.1) is 22.2 Å². The van der Waals surface area contributed by atoms with E-state index < -0.39 is 0 Å². The Morgan fingerprint density at radius 1 is 1.21 bits per heavy atom. The van der Waals surface area contributed by atoms with Gasteiger partial charge in [0.1, 0.15) is 5.82 Å². The Labute approximate surface area is 165 Å². The molecule has 4 heterocycles. The summed E-state index contributed by atoms with van der Waals surface area (Å²) in [5.74, 6) is 1.53. The van der Waals surface area contributed by atoms with Gasteiger partial charge in [-0.25, -0.2) is 4.98 Å². The second-order valence-corrected chi connectivity index (χ2v) is 8.47. The third-order valence-corrected chi connectivity index (χ3v) is 6.15. The maximum absolute atomic E-state index is 8.72. The molecule has 0 radical (unpaired) electrons. The molecule has 0 spiro atoms. The van der Waals surface area contributed by atoms with Crippen LogP contribution in [0.1, 0.15) is 13.8 Å². The van der Waals surface area contributed by atoms with Crippen molar-refractivity contribution in [3.63, 3.8) is 0 Å². The van der Waals surface area contributed by atoms with Crippen LogP contribution in [0.25, 0.3) is 0 Å². The molecule has 28 heavy (non-hydrogen) atoms. The van der Waals surface area contributed by atoms with Gasteiger partial charge < -0.3 is 10.2 Å². The number of anilines is 3. The number of hydrogen-bond donors (Lipinski definition) is 2. The van der Waals surface area contributed by atoms with Crippen LogP contribution in [0.3, 0.4) is 0 Å². The number of likely N-dealkylation sites (tertiary alicyclic amines) is 1. The normalized spacial score (nSPS) is 27.0. The lowest BCUT2D eigenvalue weighted by molar-refractivity contribution is 0.212. The number of nitrogens with one attached hydrogen (secondary N) is 2. The van der Waals surface area contributed by atoms with Crippen LogP contribution in [0.2, 0.25) is 0 Å². The topological polar surface area (TPSA) is 97.9 Å². The van der Waals surface area contributed by atoms with E-state index in [1.165, 1.54) is 0 Å². The fraction of sp³-hybridized carbons (Fsp3) is 0.579. The highest BCUT2D eigenvalue weighted by Crippen LogP contribution is 2.52. The van der Waals surface area contributed by atoms with Crippen molar-refractivity contribution in [2.75, 3.05) is 49.6 Å². The summed E-state index contributed by atoms with van der Waals surface area (Å²) in [5, 5.41) is 19.3. The van der Waals surface area contributed by atoms with Crippen molar-refractivity contribution in [1.29, 1.82) is 5.26 Å². The van der Waals surface area contributed by atoms with Gasteiger partial charge in [0.25, 0.3) is 0 Å². The zero-order valence-electron chi connectivity index (χ0n) is 16.7. The molecular formula is C19H27N9. The van der Waals surface area contributed by atoms with Crippen LogP contribution in [0.15, 0.2) is 24.7 Å². The van der Waals surface area contributed by atoms with E-state index in [9.17, 15) is 0 Å². The van der Waals surface area contributed by atoms with Gasteiger partial charge in [-0.3, -0.25) is 14.9 Å². The van der Waals surface area contributed by atoms with Gasteiger partial charge in [0, 0.05) is 63.1 Å². The van der Waals surface area contributed by atoms with Crippen LogP contribution in [-0.4, -0.2) is 64.0 Å². The van der Waals surface area contributed by atoms with E-state index in [4.69, 9.17) is 10.2 Å². The lowest BCUT2D eigenvalue weighted by atomic mass is 9.71. The number of fused-ring (bicyclic) bond motifs is 1. The Kier molecular flexibility index (Phi) is 4.69. The fourth-order valence-corrected chi connectivity index (χ4v) is 4.55. The van der Waals surface area contributed by atoms with Crippen LogP contribution < -0.4 is 15.5 Å². The van der Waals surface area contributed by atoms with Crippen molar-refractivity contribution in [1.82, 2.24) is 30.0 Å². The Balaban J connectivity index is 1.45. The summed E-state index contributed by atoms with van der Waals surface area (Å²) in [7, 11) is 1.88. The number of nitrogens with zero attached hydrogens (tertiary/aromatic N) is 7. The van der Waals surface area contributed by atoms with E-state index in [2.05, 4.69) is 50.4 Å². The van der Waals surface area contributed by atoms with Crippen molar-refractivity contribution in [3.8, 4) is 6.07 Å². The number of nitriles is 1. The maximum Gasteiger partial charge on any atom is 0.229 e. The Morgan fingerprint density at radius 3 is 2.61 bits per heavy atom. The third-order valence-electron chi connectivity index (χ3n) is 6.15. The zero-order chi connectivity index (χ0) is 19.8. The standard InChI is InChI=1S/C19H27N9/c1-18-10-27(14-21-7-5-20)11-19(18,2)13-28(12-18)16-4-6-22-17(25-16)24-15-8-23-26(3)9-15/h4,6,8-9,21H,7,10-14H2,1-3H3,(H,22,24,25)/t18-,19+. The first-order valence-corrected chi connectivity index (χ1v) is 9.55. The van der Waals surface area contributed by atoms with Gasteiger partial charge in [0.2, 0.25) is 5.95 Å². The molecule has 2 N–H and O–H groups in total. The molecule has 2 aliphatic heterocycles. The summed E-state index contributed by atoms with van der Waals surface area (Å²) in [5.41, 5.74) is 1.24. The molecule has 2 saturated heterocycles. The summed E-state index contributed by atoms with van der Waals surface area (Å²) in [6.45, 7) is 9.85. The van der Waals surface area contributed by atoms with E-state index in [1.807, 2.05) is 19.3 Å². The van der Waals surface area contributed by atoms with Gasteiger partial charge in [-0.2, -0.15) is 15.3 Å². The molecule has 0 bridgehead atoms. The van der Waals surface area contributed by atoms with E-state index in [0.717, 1.165) is 44.4 Å². The third kappa shape index (κ3) is 3.41. The van der Waals surface area contributed by atoms with Crippen molar-refractivity contribution in [3.05, 3.63) is 24.7 Å². The second kappa shape index (κ2) is 7.04. The number of hydrogen-bond acceptors (Lipinski definition) is 8. The van der Waals surface area contributed by atoms with Crippen LogP contribution in [0.5, 0.6) is 0 Å². The highest BCUT2D eigenvalue weighted by atomic mass is 15.3. The van der Waals surface area contributed by atoms with Crippen molar-refractivity contribution in [2.45, 2.75) is 13.8 Å². The average Bonchev–Trinajstić information content (AvgIpc) is 3.23. The molecule has 9 nitrogen and oxygen atoms in total. The number of aromatic nitrogens is 4. The fourth-order valence-electron chi connectivity index (χ4n) is 4.55. The molecule has 9 heteroatoms. The van der Waals surface area contributed by atoms with Crippen molar-refractivity contribution < 1.29 is 0 Å². The quantitative estimate of drug-likeness (QED) is 0.568. The molecule has 0 aliphatic carbocycles. The summed E-state index contributed by atoms with van der Waals surface area (Å²) in [6, 6.07) is 4.12. The summed E-state index contributed by atoms with van der Waals surface area (Å²) in [4.78, 5) is 13.9. The minimum absolute atomic E-state index is 0.184. The molecule has 148 valence electrons. The molecule has 0 amide bonds. The lowest BCUT2D eigenvalue weighted by Gasteiger charge is -2.30. The monoisotopic (exact) mass is 381 g/mol. The Hall–Kier alpha value is -2.70. The molecule has 0 unspecified atom stereocenters. The highest BCUT2D eigenvalue weighted by molar-refractivity contribution is 5.53. The zero-order valence-corrected chi connectivity index (χ0v) is 16.7. The highest BCUT2D eigenvalue weighted by Gasteiger charge is 2.57. The van der Waals surface area contributed by atoms with E-state index in [1.54, 1.807) is 17.1 Å². The summed E-state index contributed by atoms with van der Waals surface area (Å²) < 4.78 is 1.74. The second-order valence-electron chi connectivity index (χ2n) is 8.47. The maximum atomic E-state index is 8.72. The van der Waals surface area contributed by atoms with Gasteiger partial charge in [-0.15, -0.1) is 0 Å². The minimum atomic E-state index is 0.184. The van der Waals surface area contributed by atoms with Gasteiger partial charge in [-0.05, 0) is 6.07 Å². The van der Waals surface area contributed by atoms with Gasteiger partial charge in [-0.1, -0.05) is 13.8 Å². The first kappa shape index (κ1) is 18.7. The smallest absolute Gasteiger partial charge is 0.229 e. The first-order chi connectivity index (χ1) is 13.4. The summed E-state index contributed by atoms with van der Waals surface area (Å²) >= 11 is 0. The molecule has 2 aromatic heterocycles. The van der Waals surface area contributed by atoms with Crippen molar-refractivity contribution in [2.24, 2.45) is 17.9 Å². The van der Waals surface area contributed by atoms with Crippen molar-refractivity contribution >= 4 is 17.5 Å². The van der Waals surface area contributed by atoms with E-state index >= 15 is 0 Å². The van der Waals surface area contributed by atoms with Gasteiger partial charge >= 0.3 is 0 Å². The summed E-state index contributed by atoms with van der Waals surface area (Å²) in [6.07, 6.45) is 5.46. The van der Waals surface area contributed by atoms with Crippen LogP contribution in [-0.2, 0) is 7.05 Å². The Bertz CT molecular complexity index is 868. The average molecular weight is 381 g/mol. The molecule has 2 aliphatic rings. The largest absolute Gasteiger partial charge is 0.355 e. The van der Waals surface area contributed by atoms with Gasteiger partial charge in [0.15, 0.2) is 0 Å². The Morgan fingerprint density at radius 2 is 1.96 bits per heavy atom. The molecule has 2 fully saturated rings. The van der Waals surface area contributed by atoms with E-state index in [0.29, 0.717) is 12.5 Å². The predicted molar refractivity (Wildman–Crippen MR) is 107 cm³/mol. The molecule has 2 atom stereocenters. The van der Waals surface area contributed by atoms with E-state index in [-0.39, 0.29) is 10.8 Å². The molecule has 0 aromatic carbocycles. The minimum Gasteiger partial charge on any atom is -0.355 e.